The normalized spacial score (nSPS) is 19.2. The van der Waals surface area contributed by atoms with Gasteiger partial charge < -0.3 is 20.3 Å². The van der Waals surface area contributed by atoms with E-state index in [-0.39, 0.29) is 11.8 Å². The highest BCUT2D eigenvalue weighted by Crippen LogP contribution is 2.28. The molecule has 2 heterocycles. The van der Waals surface area contributed by atoms with Crippen molar-refractivity contribution < 1.29 is 14.3 Å². The van der Waals surface area contributed by atoms with E-state index in [1.807, 2.05) is 18.2 Å². The Morgan fingerprint density at radius 3 is 2.47 bits per heavy atom. The van der Waals surface area contributed by atoms with E-state index in [0.29, 0.717) is 17.9 Å². The van der Waals surface area contributed by atoms with Gasteiger partial charge in [-0.25, -0.2) is 0 Å². The molecule has 1 atom stereocenters. The van der Waals surface area contributed by atoms with Gasteiger partial charge in [-0.3, -0.25) is 9.59 Å². The van der Waals surface area contributed by atoms with Crippen LogP contribution in [0, 0.1) is 0 Å². The van der Waals surface area contributed by atoms with Gasteiger partial charge in [-0.2, -0.15) is 0 Å². The molecule has 0 bridgehead atoms. The summed E-state index contributed by atoms with van der Waals surface area (Å²) in [5, 5.41) is 5.92. The number of anilines is 3. The Hall–Kier alpha value is -2.86. The van der Waals surface area contributed by atoms with Crippen LogP contribution in [0.5, 0.6) is 0 Å². The molecule has 6 heteroatoms. The van der Waals surface area contributed by atoms with Crippen LogP contribution in [-0.4, -0.2) is 37.6 Å². The zero-order chi connectivity index (χ0) is 20.8. The minimum absolute atomic E-state index is 0.156. The van der Waals surface area contributed by atoms with Gasteiger partial charge in [0.1, 0.15) is 6.10 Å². The van der Waals surface area contributed by atoms with E-state index in [2.05, 4.69) is 21.6 Å². The van der Waals surface area contributed by atoms with Gasteiger partial charge in [0.15, 0.2) is 0 Å². The van der Waals surface area contributed by atoms with Crippen LogP contribution < -0.4 is 15.5 Å². The van der Waals surface area contributed by atoms with Crippen molar-refractivity contribution in [2.75, 3.05) is 35.2 Å². The quantitative estimate of drug-likeness (QED) is 0.769. The Balaban J connectivity index is 1.46. The molecule has 1 unspecified atom stereocenters. The van der Waals surface area contributed by atoms with Crippen LogP contribution in [0.2, 0.25) is 0 Å². The third kappa shape index (κ3) is 5.00. The fourth-order valence-corrected chi connectivity index (χ4v) is 4.11. The lowest BCUT2D eigenvalue weighted by Crippen LogP contribution is -2.27. The summed E-state index contributed by atoms with van der Waals surface area (Å²) in [4.78, 5) is 27.6. The number of rotatable bonds is 5. The number of para-hydroxylation sites is 2. The molecular weight excluding hydrogens is 378 g/mol. The molecule has 2 aromatic carbocycles. The van der Waals surface area contributed by atoms with Crippen LogP contribution in [0.4, 0.5) is 17.1 Å². The van der Waals surface area contributed by atoms with Gasteiger partial charge in [0.05, 0.1) is 11.4 Å². The number of hydrogen-bond acceptors (Lipinski definition) is 4. The van der Waals surface area contributed by atoms with E-state index < -0.39 is 6.10 Å². The zero-order valence-electron chi connectivity index (χ0n) is 17.2. The summed E-state index contributed by atoms with van der Waals surface area (Å²) in [6.07, 6.45) is 6.10. The van der Waals surface area contributed by atoms with E-state index in [4.69, 9.17) is 4.74 Å². The zero-order valence-corrected chi connectivity index (χ0v) is 17.2. The van der Waals surface area contributed by atoms with Gasteiger partial charge in [0.2, 0.25) is 0 Å². The van der Waals surface area contributed by atoms with Crippen LogP contribution in [0.3, 0.4) is 0 Å². The second kappa shape index (κ2) is 9.76. The maximum absolute atomic E-state index is 12.9. The maximum atomic E-state index is 12.9. The topological polar surface area (TPSA) is 70.7 Å². The summed E-state index contributed by atoms with van der Waals surface area (Å²) < 4.78 is 5.43. The molecule has 158 valence electrons. The smallest absolute Gasteiger partial charge is 0.255 e. The molecule has 2 saturated heterocycles. The van der Waals surface area contributed by atoms with Crippen LogP contribution in [-0.2, 0) is 9.53 Å². The number of benzene rings is 2. The van der Waals surface area contributed by atoms with Crippen molar-refractivity contribution in [3.05, 3.63) is 54.1 Å². The van der Waals surface area contributed by atoms with Gasteiger partial charge in [-0.1, -0.05) is 31.0 Å². The molecule has 0 aromatic heterocycles. The third-order valence-electron chi connectivity index (χ3n) is 5.71. The summed E-state index contributed by atoms with van der Waals surface area (Å²) in [6, 6.07) is 15.0. The van der Waals surface area contributed by atoms with E-state index in [9.17, 15) is 9.59 Å². The van der Waals surface area contributed by atoms with E-state index in [1.54, 1.807) is 24.3 Å². The molecule has 0 spiro atoms. The van der Waals surface area contributed by atoms with E-state index >= 15 is 0 Å². The monoisotopic (exact) mass is 407 g/mol. The third-order valence-corrected chi connectivity index (χ3v) is 5.71. The summed E-state index contributed by atoms with van der Waals surface area (Å²) in [5.74, 6) is -0.345. The van der Waals surface area contributed by atoms with E-state index in [1.165, 1.54) is 25.7 Å². The largest absolute Gasteiger partial charge is 0.370 e. The molecule has 2 aliphatic rings. The lowest BCUT2D eigenvalue weighted by Gasteiger charge is -2.25. The number of nitrogens with zero attached hydrogens (tertiary/aromatic N) is 1. The molecule has 0 aliphatic carbocycles. The molecule has 2 aromatic rings. The maximum Gasteiger partial charge on any atom is 0.255 e. The van der Waals surface area contributed by atoms with E-state index in [0.717, 1.165) is 37.3 Å². The Labute approximate surface area is 177 Å². The first-order valence-corrected chi connectivity index (χ1v) is 10.9. The number of carbonyl (C=O) groups is 2. The average molecular weight is 408 g/mol. The van der Waals surface area contributed by atoms with Crippen molar-refractivity contribution >= 4 is 28.9 Å². The second-order valence-electron chi connectivity index (χ2n) is 7.94. The van der Waals surface area contributed by atoms with Gasteiger partial charge in [-0.15, -0.1) is 0 Å². The Morgan fingerprint density at radius 1 is 0.900 bits per heavy atom. The molecule has 0 radical (unpaired) electrons. The molecule has 2 amide bonds. The van der Waals surface area contributed by atoms with Crippen LogP contribution in [0.25, 0.3) is 0 Å². The van der Waals surface area contributed by atoms with Crippen molar-refractivity contribution in [1.29, 1.82) is 0 Å². The van der Waals surface area contributed by atoms with Crippen molar-refractivity contribution in [3.63, 3.8) is 0 Å². The van der Waals surface area contributed by atoms with Gasteiger partial charge in [0.25, 0.3) is 11.8 Å². The lowest BCUT2D eigenvalue weighted by molar-refractivity contribution is -0.124. The Bertz CT molecular complexity index is 885. The Morgan fingerprint density at radius 2 is 1.70 bits per heavy atom. The number of amides is 2. The highest BCUT2D eigenvalue weighted by molar-refractivity contribution is 6.07. The van der Waals surface area contributed by atoms with Crippen LogP contribution >= 0.6 is 0 Å². The van der Waals surface area contributed by atoms with Gasteiger partial charge in [-0.05, 0) is 56.0 Å². The van der Waals surface area contributed by atoms with Crippen molar-refractivity contribution in [2.45, 2.75) is 44.6 Å². The number of nitrogens with one attached hydrogen (secondary N) is 2. The van der Waals surface area contributed by atoms with Crippen LogP contribution in [0.1, 0.15) is 48.9 Å². The molecule has 4 rings (SSSR count). The predicted molar refractivity (Wildman–Crippen MR) is 119 cm³/mol. The second-order valence-corrected chi connectivity index (χ2v) is 7.94. The molecular formula is C24H29N3O3. The minimum Gasteiger partial charge on any atom is -0.370 e. The highest BCUT2D eigenvalue weighted by Gasteiger charge is 2.23. The minimum atomic E-state index is -0.400. The highest BCUT2D eigenvalue weighted by atomic mass is 16.5. The number of carbonyl (C=O) groups excluding carboxylic acids is 2. The van der Waals surface area contributed by atoms with Crippen molar-refractivity contribution in [3.8, 4) is 0 Å². The fourth-order valence-electron chi connectivity index (χ4n) is 4.11. The standard InChI is InChI=1S/C24H29N3O3/c28-23(18-9-7-10-19(17-18)25-24(29)22-13-8-16-30-22)26-20-11-3-4-12-21(20)27-14-5-1-2-6-15-27/h3-4,7,9-12,17,22H,1-2,5-6,8,13-16H2,(H,25,29)(H,26,28). The summed E-state index contributed by atoms with van der Waals surface area (Å²) >= 11 is 0. The first kappa shape index (κ1) is 20.4. The molecule has 30 heavy (non-hydrogen) atoms. The van der Waals surface area contributed by atoms with Gasteiger partial charge >= 0.3 is 0 Å². The number of ether oxygens (including phenoxy) is 1. The summed E-state index contributed by atoms with van der Waals surface area (Å²) in [7, 11) is 0. The predicted octanol–water partition coefficient (Wildman–Crippen LogP) is 4.44. The van der Waals surface area contributed by atoms with Crippen LogP contribution in [0.15, 0.2) is 48.5 Å². The number of hydrogen-bond donors (Lipinski definition) is 2. The summed E-state index contributed by atoms with van der Waals surface area (Å²) in [5.41, 5.74) is 2.99. The lowest BCUT2D eigenvalue weighted by atomic mass is 10.1. The Kier molecular flexibility index (Phi) is 6.64. The first-order chi connectivity index (χ1) is 14.7. The molecule has 2 N–H and O–H groups in total. The SMILES string of the molecule is O=C(Nc1ccccc1N1CCCCCC1)c1cccc(NC(=O)C2CCCO2)c1. The molecule has 2 aliphatic heterocycles. The van der Waals surface area contributed by atoms with Crippen molar-refractivity contribution in [1.82, 2.24) is 0 Å². The fraction of sp³-hybridized carbons (Fsp3) is 0.417. The first-order valence-electron chi connectivity index (χ1n) is 10.9. The molecule has 6 nitrogen and oxygen atoms in total. The van der Waals surface area contributed by atoms with Gasteiger partial charge in [0, 0.05) is 30.9 Å². The average Bonchev–Trinajstić information content (AvgIpc) is 3.18. The summed E-state index contributed by atoms with van der Waals surface area (Å²) in [6.45, 7) is 2.65. The van der Waals surface area contributed by atoms with Crippen molar-refractivity contribution in [2.24, 2.45) is 0 Å². The molecule has 0 saturated carbocycles. The molecule has 2 fully saturated rings.